The molecule has 5 nitrogen and oxygen atoms in total. The maximum absolute atomic E-state index is 12.7. The van der Waals surface area contributed by atoms with Crippen LogP contribution in [-0.2, 0) is 16.1 Å². The van der Waals surface area contributed by atoms with Gasteiger partial charge in [0.25, 0.3) is 5.91 Å². The van der Waals surface area contributed by atoms with Crippen LogP contribution in [0.5, 0.6) is 0 Å². The maximum Gasteiger partial charge on any atom is 0.253 e. The van der Waals surface area contributed by atoms with Crippen molar-refractivity contribution in [2.45, 2.75) is 44.2 Å². The number of carbonyl (C=O) groups is 1. The van der Waals surface area contributed by atoms with Gasteiger partial charge in [0, 0.05) is 55.5 Å². The maximum atomic E-state index is 12.7. The van der Waals surface area contributed by atoms with Crippen molar-refractivity contribution >= 4 is 29.0 Å². The van der Waals surface area contributed by atoms with Crippen LogP contribution in [0.25, 0.3) is 0 Å². The predicted molar refractivity (Wildman–Crippen MR) is 102 cm³/mol. The molecule has 4 rings (SSSR count). The lowest BCUT2D eigenvalue weighted by Gasteiger charge is -2.35. The van der Waals surface area contributed by atoms with E-state index in [9.17, 15) is 4.79 Å². The minimum absolute atomic E-state index is 0.176. The molecule has 3 fully saturated rings. The molecule has 1 aromatic rings. The number of thiazole rings is 1. The third kappa shape index (κ3) is 4.38. The van der Waals surface area contributed by atoms with Gasteiger partial charge in [-0.25, -0.2) is 4.98 Å². The van der Waals surface area contributed by atoms with E-state index in [2.05, 4.69) is 10.3 Å². The summed E-state index contributed by atoms with van der Waals surface area (Å²) in [6.45, 7) is 4.78. The molecule has 1 atom stereocenters. The molecule has 7 heteroatoms. The fourth-order valence-corrected chi connectivity index (χ4v) is 5.85. The minimum Gasteiger partial charge on any atom is -0.366 e. The quantitative estimate of drug-likeness (QED) is 0.802. The second-order valence-corrected chi connectivity index (χ2v) is 9.31. The molecule has 0 spiro atoms. The number of amides is 1. The van der Waals surface area contributed by atoms with Crippen LogP contribution in [0.3, 0.4) is 0 Å². The van der Waals surface area contributed by atoms with Crippen LogP contribution in [0.4, 0.5) is 0 Å². The molecule has 0 radical (unpaired) electrons. The van der Waals surface area contributed by atoms with Crippen LogP contribution in [0.15, 0.2) is 5.38 Å². The van der Waals surface area contributed by atoms with Crippen molar-refractivity contribution < 1.29 is 9.53 Å². The molecular weight excluding hydrogens is 354 g/mol. The number of morpholine rings is 1. The minimum atomic E-state index is -0.301. The summed E-state index contributed by atoms with van der Waals surface area (Å²) in [6, 6.07) is 0. The summed E-state index contributed by atoms with van der Waals surface area (Å²) in [7, 11) is 0. The molecule has 0 N–H and O–H groups in total. The van der Waals surface area contributed by atoms with E-state index in [1.54, 1.807) is 0 Å². The van der Waals surface area contributed by atoms with Crippen molar-refractivity contribution in [1.29, 1.82) is 0 Å². The van der Waals surface area contributed by atoms with Gasteiger partial charge in [-0.1, -0.05) is 12.8 Å². The molecule has 1 amide bonds. The van der Waals surface area contributed by atoms with Crippen molar-refractivity contribution in [3.63, 3.8) is 0 Å². The monoisotopic (exact) mass is 381 g/mol. The Kier molecular flexibility index (Phi) is 5.95. The lowest BCUT2D eigenvalue weighted by Crippen LogP contribution is -2.52. The molecule has 1 aliphatic carbocycles. The highest BCUT2D eigenvalue weighted by molar-refractivity contribution is 7.99. The van der Waals surface area contributed by atoms with E-state index in [4.69, 9.17) is 9.72 Å². The van der Waals surface area contributed by atoms with Gasteiger partial charge >= 0.3 is 0 Å². The van der Waals surface area contributed by atoms with Gasteiger partial charge in [-0.2, -0.15) is 11.8 Å². The largest absolute Gasteiger partial charge is 0.366 e. The zero-order valence-electron chi connectivity index (χ0n) is 14.7. The van der Waals surface area contributed by atoms with E-state index in [-0.39, 0.29) is 12.0 Å². The number of thioether (sulfide) groups is 1. The highest BCUT2D eigenvalue weighted by Crippen LogP contribution is 2.35. The van der Waals surface area contributed by atoms with E-state index in [1.165, 1.54) is 30.7 Å². The molecule has 3 aliphatic rings. The van der Waals surface area contributed by atoms with Crippen molar-refractivity contribution in [3.05, 3.63) is 16.1 Å². The lowest BCUT2D eigenvalue weighted by molar-refractivity contribution is -0.149. The Balaban J connectivity index is 1.32. The number of carbonyl (C=O) groups excluding carboxylic acids is 1. The van der Waals surface area contributed by atoms with Crippen LogP contribution in [-0.4, -0.2) is 71.1 Å². The first-order valence-electron chi connectivity index (χ1n) is 9.44. The van der Waals surface area contributed by atoms with Crippen LogP contribution in [0.2, 0.25) is 0 Å². The summed E-state index contributed by atoms with van der Waals surface area (Å²) in [4.78, 5) is 21.9. The number of rotatable bonds is 4. The van der Waals surface area contributed by atoms with Crippen molar-refractivity contribution in [3.8, 4) is 0 Å². The Labute approximate surface area is 158 Å². The molecule has 0 bridgehead atoms. The molecule has 1 aromatic heterocycles. The van der Waals surface area contributed by atoms with Gasteiger partial charge in [0.15, 0.2) is 0 Å². The van der Waals surface area contributed by atoms with Crippen molar-refractivity contribution in [2.75, 3.05) is 44.3 Å². The van der Waals surface area contributed by atoms with E-state index in [0.717, 1.165) is 43.4 Å². The van der Waals surface area contributed by atoms with E-state index >= 15 is 0 Å². The van der Waals surface area contributed by atoms with Gasteiger partial charge in [-0.15, -0.1) is 11.3 Å². The normalized spacial score (nSPS) is 26.2. The first-order chi connectivity index (χ1) is 12.3. The number of aromatic nitrogens is 1. The first kappa shape index (κ1) is 17.8. The molecule has 0 aromatic carbocycles. The third-order valence-electron chi connectivity index (χ3n) is 5.41. The predicted octanol–water partition coefficient (Wildman–Crippen LogP) is 2.58. The molecule has 2 aliphatic heterocycles. The summed E-state index contributed by atoms with van der Waals surface area (Å²) in [5.41, 5.74) is 1.16. The average molecular weight is 382 g/mol. The van der Waals surface area contributed by atoms with Gasteiger partial charge in [0.2, 0.25) is 0 Å². The molecule has 3 heterocycles. The number of hydrogen-bond acceptors (Lipinski definition) is 6. The fourth-order valence-electron chi connectivity index (χ4n) is 3.97. The Morgan fingerprint density at radius 3 is 2.84 bits per heavy atom. The molecule has 25 heavy (non-hydrogen) atoms. The van der Waals surface area contributed by atoms with Gasteiger partial charge in [-0.3, -0.25) is 9.69 Å². The van der Waals surface area contributed by atoms with Crippen molar-refractivity contribution in [1.82, 2.24) is 14.8 Å². The van der Waals surface area contributed by atoms with Crippen LogP contribution in [0.1, 0.15) is 42.3 Å². The number of nitrogens with zero attached hydrogens (tertiary/aromatic N) is 3. The fraction of sp³-hybridized carbons (Fsp3) is 0.778. The Hall–Kier alpha value is -0.630. The van der Waals surface area contributed by atoms with Crippen molar-refractivity contribution in [2.24, 2.45) is 0 Å². The zero-order chi connectivity index (χ0) is 17.1. The summed E-state index contributed by atoms with van der Waals surface area (Å²) in [5, 5.41) is 3.53. The molecule has 1 unspecified atom stereocenters. The summed E-state index contributed by atoms with van der Waals surface area (Å²) >= 11 is 3.74. The van der Waals surface area contributed by atoms with Crippen LogP contribution < -0.4 is 0 Å². The highest BCUT2D eigenvalue weighted by Gasteiger charge is 2.31. The second-order valence-electron chi connectivity index (χ2n) is 7.19. The van der Waals surface area contributed by atoms with Gasteiger partial charge in [0.1, 0.15) is 6.10 Å². The van der Waals surface area contributed by atoms with Gasteiger partial charge in [0.05, 0.1) is 17.3 Å². The number of ether oxygens (including phenoxy) is 1. The first-order valence-corrected chi connectivity index (χ1v) is 11.5. The molecular formula is C18H27N3O2S2. The van der Waals surface area contributed by atoms with Gasteiger partial charge in [-0.05, 0) is 12.8 Å². The zero-order valence-corrected chi connectivity index (χ0v) is 16.3. The second kappa shape index (κ2) is 8.37. The Morgan fingerprint density at radius 2 is 2.04 bits per heavy atom. The molecule has 2 saturated heterocycles. The SMILES string of the molecule is O=C(C1CN(Cc2csc(C3CCCC3)n2)CCO1)N1CCSCC1. The highest BCUT2D eigenvalue weighted by atomic mass is 32.2. The smallest absolute Gasteiger partial charge is 0.253 e. The third-order valence-corrected chi connectivity index (χ3v) is 7.41. The summed E-state index contributed by atoms with van der Waals surface area (Å²) < 4.78 is 5.79. The number of hydrogen-bond donors (Lipinski definition) is 0. The Morgan fingerprint density at radius 1 is 1.24 bits per heavy atom. The lowest BCUT2D eigenvalue weighted by atomic mass is 10.1. The molecule has 1 saturated carbocycles. The summed E-state index contributed by atoms with van der Waals surface area (Å²) in [5.74, 6) is 2.96. The van der Waals surface area contributed by atoms with E-state index in [0.29, 0.717) is 19.1 Å². The Bertz CT molecular complexity index is 583. The van der Waals surface area contributed by atoms with E-state index in [1.807, 2.05) is 28.0 Å². The van der Waals surface area contributed by atoms with Crippen LogP contribution >= 0.6 is 23.1 Å². The van der Waals surface area contributed by atoms with Gasteiger partial charge < -0.3 is 9.64 Å². The topological polar surface area (TPSA) is 45.7 Å². The standard InChI is InChI=1S/C18H27N3O2S2/c22-18(21-6-9-24-10-7-21)16-12-20(5-8-23-16)11-15-13-25-17(19-15)14-3-1-2-4-14/h13-14,16H,1-12H2. The summed E-state index contributed by atoms with van der Waals surface area (Å²) in [6.07, 6.45) is 5.00. The van der Waals surface area contributed by atoms with E-state index < -0.39 is 0 Å². The van der Waals surface area contributed by atoms with Crippen LogP contribution in [0, 0.1) is 0 Å². The average Bonchev–Trinajstić information content (AvgIpc) is 3.34. The molecule has 138 valence electrons.